The second-order valence-electron chi connectivity index (χ2n) is 4.34. The van der Waals surface area contributed by atoms with E-state index >= 15 is 0 Å². The van der Waals surface area contributed by atoms with Gasteiger partial charge < -0.3 is 15.2 Å². The van der Waals surface area contributed by atoms with Gasteiger partial charge in [0.25, 0.3) is 0 Å². The van der Waals surface area contributed by atoms with Crippen molar-refractivity contribution in [3.63, 3.8) is 0 Å². The third-order valence-electron chi connectivity index (χ3n) is 2.86. The maximum absolute atomic E-state index is 11.6. The Morgan fingerprint density at radius 2 is 2.26 bits per heavy atom. The average Bonchev–Trinajstić information content (AvgIpc) is 2.42. The van der Waals surface area contributed by atoms with E-state index in [1.165, 1.54) is 0 Å². The van der Waals surface area contributed by atoms with Gasteiger partial charge in [-0.25, -0.2) is 0 Å². The van der Waals surface area contributed by atoms with E-state index in [9.17, 15) is 9.90 Å². The van der Waals surface area contributed by atoms with Crippen molar-refractivity contribution < 1.29 is 14.6 Å². The third kappa shape index (κ3) is 5.61. The largest absolute Gasteiger partial charge is 0.496 e. The molecule has 0 aliphatic carbocycles. The van der Waals surface area contributed by atoms with Crippen LogP contribution in [0.4, 0.5) is 0 Å². The summed E-state index contributed by atoms with van der Waals surface area (Å²) in [4.78, 5) is 11.6. The molecule has 4 nitrogen and oxygen atoms in total. The molecule has 0 radical (unpaired) electrons. The molecule has 5 heteroatoms. The summed E-state index contributed by atoms with van der Waals surface area (Å²) >= 11 is 3.41. The van der Waals surface area contributed by atoms with E-state index < -0.39 is 6.10 Å². The first-order valence-electron chi connectivity index (χ1n) is 6.34. The number of amides is 1. The number of nitrogens with one attached hydrogen (secondary N) is 1. The summed E-state index contributed by atoms with van der Waals surface area (Å²) in [7, 11) is 1.62. The van der Waals surface area contributed by atoms with Gasteiger partial charge in [-0.05, 0) is 46.5 Å². The van der Waals surface area contributed by atoms with Crippen LogP contribution >= 0.6 is 15.9 Å². The van der Waals surface area contributed by atoms with Crippen molar-refractivity contribution in [1.82, 2.24) is 5.32 Å². The zero-order valence-corrected chi connectivity index (χ0v) is 12.9. The topological polar surface area (TPSA) is 58.6 Å². The zero-order chi connectivity index (χ0) is 14.3. The van der Waals surface area contributed by atoms with Crippen LogP contribution in [0, 0.1) is 0 Å². The number of methoxy groups -OCH3 is 1. The highest BCUT2D eigenvalue weighted by Gasteiger charge is 2.07. The fourth-order valence-electron chi connectivity index (χ4n) is 1.59. The summed E-state index contributed by atoms with van der Waals surface area (Å²) < 4.78 is 6.03. The van der Waals surface area contributed by atoms with Crippen molar-refractivity contribution in [1.29, 1.82) is 0 Å². The Hall–Kier alpha value is -1.07. The molecule has 2 N–H and O–H groups in total. The van der Waals surface area contributed by atoms with E-state index in [2.05, 4.69) is 21.2 Å². The van der Waals surface area contributed by atoms with E-state index in [0.29, 0.717) is 25.8 Å². The van der Waals surface area contributed by atoms with Crippen molar-refractivity contribution >= 4 is 21.8 Å². The van der Waals surface area contributed by atoms with Gasteiger partial charge in [-0.15, -0.1) is 0 Å². The van der Waals surface area contributed by atoms with Gasteiger partial charge in [-0.2, -0.15) is 0 Å². The summed E-state index contributed by atoms with van der Waals surface area (Å²) in [6.07, 6.45) is 1.26. The van der Waals surface area contributed by atoms with Crippen LogP contribution in [0.2, 0.25) is 0 Å². The Balaban J connectivity index is 2.40. The quantitative estimate of drug-likeness (QED) is 0.806. The number of rotatable bonds is 7. The van der Waals surface area contributed by atoms with Crippen LogP contribution in [-0.2, 0) is 11.2 Å². The monoisotopic (exact) mass is 329 g/mol. The normalized spacial score (nSPS) is 12.0. The van der Waals surface area contributed by atoms with Crippen molar-refractivity contribution in [2.45, 2.75) is 32.3 Å². The summed E-state index contributed by atoms with van der Waals surface area (Å²) in [5.74, 6) is 0.735. The predicted octanol–water partition coefficient (Wildman–Crippen LogP) is 2.28. The number of carbonyl (C=O) groups excluding carboxylic acids is 1. The molecule has 1 aromatic rings. The Bertz CT molecular complexity index is 423. The summed E-state index contributed by atoms with van der Waals surface area (Å²) in [5, 5.41) is 12.1. The highest BCUT2D eigenvalue weighted by Crippen LogP contribution is 2.25. The summed E-state index contributed by atoms with van der Waals surface area (Å²) in [5.41, 5.74) is 1.07. The van der Waals surface area contributed by atoms with E-state index in [4.69, 9.17) is 4.74 Å². The predicted molar refractivity (Wildman–Crippen MR) is 78.3 cm³/mol. The number of aryl methyl sites for hydroxylation is 1. The van der Waals surface area contributed by atoms with Crippen LogP contribution < -0.4 is 10.1 Å². The van der Waals surface area contributed by atoms with Crippen molar-refractivity contribution in [2.75, 3.05) is 13.7 Å². The van der Waals surface area contributed by atoms with Gasteiger partial charge in [-0.1, -0.05) is 13.0 Å². The maximum Gasteiger partial charge on any atom is 0.220 e. The van der Waals surface area contributed by atoms with E-state index in [-0.39, 0.29) is 5.91 Å². The van der Waals surface area contributed by atoms with Crippen molar-refractivity contribution in [3.05, 3.63) is 28.2 Å². The second kappa shape index (κ2) is 8.17. The third-order valence-corrected chi connectivity index (χ3v) is 3.48. The van der Waals surface area contributed by atoms with Gasteiger partial charge in [0.1, 0.15) is 5.75 Å². The number of carbonyl (C=O) groups is 1. The lowest BCUT2D eigenvalue weighted by atomic mass is 10.1. The summed E-state index contributed by atoms with van der Waals surface area (Å²) in [6.45, 7) is 2.20. The molecule has 1 unspecified atom stereocenters. The molecule has 0 bridgehead atoms. The molecular formula is C14H20BrNO3. The standard InChI is InChI=1S/C14H20BrNO3/c1-3-11(17)9-16-14(18)7-5-10-4-6-13(19-2)12(15)8-10/h4,6,8,11,17H,3,5,7,9H2,1-2H3,(H,16,18). The number of ether oxygens (including phenoxy) is 1. The first-order valence-corrected chi connectivity index (χ1v) is 7.13. The average molecular weight is 330 g/mol. The van der Waals surface area contributed by atoms with Crippen LogP contribution in [0.25, 0.3) is 0 Å². The molecule has 0 saturated heterocycles. The van der Waals surface area contributed by atoms with Gasteiger partial charge in [-0.3, -0.25) is 4.79 Å². The number of hydrogen-bond donors (Lipinski definition) is 2. The lowest BCUT2D eigenvalue weighted by Gasteiger charge is -2.10. The molecule has 0 aliphatic heterocycles. The first-order chi connectivity index (χ1) is 9.06. The molecule has 0 spiro atoms. The van der Waals surface area contributed by atoms with Gasteiger partial charge >= 0.3 is 0 Å². The Morgan fingerprint density at radius 1 is 1.53 bits per heavy atom. The second-order valence-corrected chi connectivity index (χ2v) is 5.19. The van der Waals surface area contributed by atoms with Crippen LogP contribution in [0.3, 0.4) is 0 Å². The van der Waals surface area contributed by atoms with Crippen LogP contribution in [-0.4, -0.2) is 30.8 Å². The Labute approximate surface area is 122 Å². The van der Waals surface area contributed by atoms with E-state index in [1.54, 1.807) is 7.11 Å². The number of benzene rings is 1. The number of aliphatic hydroxyl groups is 1. The SMILES string of the molecule is CCC(O)CNC(=O)CCc1ccc(OC)c(Br)c1. The molecule has 106 valence electrons. The van der Waals surface area contributed by atoms with E-state index in [1.807, 2.05) is 25.1 Å². The van der Waals surface area contributed by atoms with Crippen LogP contribution in [0.15, 0.2) is 22.7 Å². The minimum Gasteiger partial charge on any atom is -0.496 e. The molecule has 0 aliphatic rings. The number of aliphatic hydroxyl groups excluding tert-OH is 1. The van der Waals surface area contributed by atoms with Crippen molar-refractivity contribution in [3.8, 4) is 5.75 Å². The molecular weight excluding hydrogens is 310 g/mol. The number of hydrogen-bond acceptors (Lipinski definition) is 3. The van der Waals surface area contributed by atoms with Crippen LogP contribution in [0.1, 0.15) is 25.3 Å². The minimum absolute atomic E-state index is 0.0422. The maximum atomic E-state index is 11.6. The molecule has 1 rings (SSSR count). The smallest absolute Gasteiger partial charge is 0.220 e. The van der Waals surface area contributed by atoms with Gasteiger partial charge in [0.05, 0.1) is 17.7 Å². The molecule has 0 heterocycles. The molecule has 1 atom stereocenters. The Morgan fingerprint density at radius 3 is 2.84 bits per heavy atom. The fourth-order valence-corrected chi connectivity index (χ4v) is 2.18. The van der Waals surface area contributed by atoms with Gasteiger partial charge in [0.2, 0.25) is 5.91 Å². The fraction of sp³-hybridized carbons (Fsp3) is 0.500. The van der Waals surface area contributed by atoms with Crippen molar-refractivity contribution in [2.24, 2.45) is 0 Å². The first kappa shape index (κ1) is 16.0. The molecule has 19 heavy (non-hydrogen) atoms. The van der Waals surface area contributed by atoms with Crippen LogP contribution in [0.5, 0.6) is 5.75 Å². The highest BCUT2D eigenvalue weighted by molar-refractivity contribution is 9.10. The van der Waals surface area contributed by atoms with E-state index in [0.717, 1.165) is 15.8 Å². The van der Waals surface area contributed by atoms with Gasteiger partial charge in [0, 0.05) is 13.0 Å². The molecule has 0 saturated carbocycles. The molecule has 0 aromatic heterocycles. The highest BCUT2D eigenvalue weighted by atomic mass is 79.9. The lowest BCUT2D eigenvalue weighted by Crippen LogP contribution is -2.31. The zero-order valence-electron chi connectivity index (χ0n) is 11.3. The molecule has 0 fully saturated rings. The molecule has 1 aromatic carbocycles. The van der Waals surface area contributed by atoms with Gasteiger partial charge in [0.15, 0.2) is 0 Å². The molecule has 1 amide bonds. The minimum atomic E-state index is -0.459. The lowest BCUT2D eigenvalue weighted by molar-refractivity contribution is -0.121. The number of halogens is 1. The summed E-state index contributed by atoms with van der Waals surface area (Å²) in [6, 6.07) is 5.77. The Kier molecular flexibility index (Phi) is 6.87.